The number of anilines is 1. The molecule has 3 unspecified atom stereocenters. The van der Waals surface area contributed by atoms with E-state index in [0.717, 1.165) is 12.8 Å². The molecule has 0 bridgehead atoms. The number of nitrogens with one attached hydrogen (secondary N) is 3. The van der Waals surface area contributed by atoms with Crippen LogP contribution in [-0.2, 0) is 22.4 Å². The minimum Gasteiger partial charge on any atom is -0.615 e. The van der Waals surface area contributed by atoms with Gasteiger partial charge in [0.15, 0.2) is 14.9 Å². The zero-order valence-corrected chi connectivity index (χ0v) is 16.5. The number of aromatic amines is 1. The molecule has 26 heavy (non-hydrogen) atoms. The van der Waals surface area contributed by atoms with Gasteiger partial charge in [-0.15, -0.1) is 5.10 Å². The quantitative estimate of drug-likeness (QED) is 0.423. The van der Waals surface area contributed by atoms with Crippen LogP contribution in [0.1, 0.15) is 18.4 Å². The predicted octanol–water partition coefficient (Wildman–Crippen LogP) is 1.54. The highest BCUT2D eigenvalue weighted by molar-refractivity contribution is 7.92. The Morgan fingerprint density at radius 2 is 2.27 bits per heavy atom. The molecule has 0 radical (unpaired) electrons. The summed E-state index contributed by atoms with van der Waals surface area (Å²) in [6.45, 7) is 0.485. The molecular weight excluding hydrogens is 390 g/mol. The second-order valence-electron chi connectivity index (χ2n) is 6.14. The number of aromatic nitrogens is 2. The number of hydrogen-bond acceptors (Lipinski definition) is 7. The predicted molar refractivity (Wildman–Crippen MR) is 107 cm³/mol. The highest BCUT2D eigenvalue weighted by Gasteiger charge is 2.51. The Hall–Kier alpha value is -1.30. The summed E-state index contributed by atoms with van der Waals surface area (Å²) in [7, 11) is 0. The van der Waals surface area contributed by atoms with Crippen molar-refractivity contribution in [2.24, 2.45) is 5.73 Å². The molecule has 0 aliphatic carbocycles. The van der Waals surface area contributed by atoms with E-state index in [2.05, 4.69) is 33.0 Å². The summed E-state index contributed by atoms with van der Waals surface area (Å²) in [5.41, 5.74) is 7.70. The first kappa shape index (κ1) is 19.5. The Balaban J connectivity index is 1.67. The van der Waals surface area contributed by atoms with Gasteiger partial charge in [-0.05, 0) is 41.8 Å². The van der Waals surface area contributed by atoms with Crippen LogP contribution in [0.5, 0.6) is 0 Å². The van der Waals surface area contributed by atoms with E-state index < -0.39 is 22.1 Å². The van der Waals surface area contributed by atoms with Gasteiger partial charge in [-0.3, -0.25) is 26.3 Å². The maximum absolute atomic E-state index is 12.7. The van der Waals surface area contributed by atoms with Gasteiger partial charge in [-0.25, -0.2) is 0 Å². The number of H-pyrrole nitrogens is 1. The van der Waals surface area contributed by atoms with Crippen LogP contribution >= 0.6 is 23.6 Å². The average molecular weight is 412 g/mol. The summed E-state index contributed by atoms with van der Waals surface area (Å²) in [5, 5.41) is 12.8. The van der Waals surface area contributed by atoms with E-state index in [1.165, 1.54) is 16.9 Å². The molecule has 7 nitrogen and oxygen atoms in total. The minimum absolute atomic E-state index is 0.335. The van der Waals surface area contributed by atoms with Crippen molar-refractivity contribution in [1.29, 1.82) is 0 Å². The number of carbonyl (C=O) groups excluding carboxylic acids is 1. The van der Waals surface area contributed by atoms with Gasteiger partial charge in [0.05, 0.1) is 0 Å². The molecule has 0 saturated carbocycles. The van der Waals surface area contributed by atoms with E-state index in [0.29, 0.717) is 27.8 Å². The Morgan fingerprint density at radius 3 is 2.96 bits per heavy atom. The largest absolute Gasteiger partial charge is 0.615 e. The fourth-order valence-corrected chi connectivity index (χ4v) is 5.34. The molecule has 2 heterocycles. The molecule has 1 aromatic heterocycles. The van der Waals surface area contributed by atoms with Crippen LogP contribution in [0.15, 0.2) is 30.3 Å². The average Bonchev–Trinajstić information content (AvgIpc) is 3.03. The summed E-state index contributed by atoms with van der Waals surface area (Å²) < 4.78 is 13.1. The van der Waals surface area contributed by atoms with E-state index in [1.54, 1.807) is 0 Å². The fourth-order valence-electron chi connectivity index (χ4n) is 3.04. The van der Waals surface area contributed by atoms with Crippen LogP contribution in [-0.4, -0.2) is 43.9 Å². The van der Waals surface area contributed by atoms with E-state index in [4.69, 9.17) is 18.0 Å². The maximum Gasteiger partial charge on any atom is 0.250 e. The van der Waals surface area contributed by atoms with E-state index in [-0.39, 0.29) is 5.91 Å². The second kappa shape index (κ2) is 8.59. The molecular formula is C16H21N5O2S3. The molecule has 5 N–H and O–H groups in total. The Kier molecular flexibility index (Phi) is 6.43. The van der Waals surface area contributed by atoms with Crippen molar-refractivity contribution in [2.45, 2.75) is 30.2 Å². The SMILES string of the molecule is NC1(CCCc2ccccc2)C(C(=O)Nc2n[nH]c(=S)s2)NCC[S+]1[O-]. The summed E-state index contributed by atoms with van der Waals surface area (Å²) in [6.07, 6.45) is 2.06. The number of nitrogens with two attached hydrogens (primary N) is 1. The van der Waals surface area contributed by atoms with Crippen molar-refractivity contribution in [3.8, 4) is 0 Å². The minimum atomic E-state index is -1.30. The molecule has 1 aliphatic rings. The van der Waals surface area contributed by atoms with Crippen molar-refractivity contribution in [3.63, 3.8) is 0 Å². The van der Waals surface area contributed by atoms with Gasteiger partial charge < -0.3 is 4.55 Å². The molecule has 2 aromatic rings. The fraction of sp³-hybridized carbons (Fsp3) is 0.438. The first-order valence-electron chi connectivity index (χ1n) is 8.30. The number of aryl methyl sites for hydroxylation is 1. The smallest absolute Gasteiger partial charge is 0.250 e. The summed E-state index contributed by atoms with van der Waals surface area (Å²) in [5.74, 6) is 0.102. The number of nitrogens with zero attached hydrogens (tertiary/aromatic N) is 1. The van der Waals surface area contributed by atoms with Gasteiger partial charge in [-0.1, -0.05) is 41.7 Å². The van der Waals surface area contributed by atoms with Crippen molar-refractivity contribution >= 4 is 45.8 Å². The first-order valence-corrected chi connectivity index (χ1v) is 10.8. The monoisotopic (exact) mass is 411 g/mol. The topological polar surface area (TPSA) is 119 Å². The lowest BCUT2D eigenvalue weighted by molar-refractivity contribution is -0.119. The highest BCUT2D eigenvalue weighted by Crippen LogP contribution is 2.28. The van der Waals surface area contributed by atoms with Crippen LogP contribution in [0.4, 0.5) is 5.13 Å². The van der Waals surface area contributed by atoms with Crippen molar-refractivity contribution < 1.29 is 9.35 Å². The zero-order chi connectivity index (χ0) is 18.6. The number of rotatable bonds is 6. The summed E-state index contributed by atoms with van der Waals surface area (Å²) >= 11 is 4.84. The van der Waals surface area contributed by atoms with Gasteiger partial charge in [0.2, 0.25) is 11.0 Å². The Morgan fingerprint density at radius 1 is 1.50 bits per heavy atom. The first-order chi connectivity index (χ1) is 12.5. The number of amides is 1. The van der Waals surface area contributed by atoms with Crippen molar-refractivity contribution in [1.82, 2.24) is 15.5 Å². The number of carbonyl (C=O) groups is 1. The zero-order valence-electron chi connectivity index (χ0n) is 14.1. The number of benzene rings is 1. The Labute approximate surface area is 164 Å². The third-order valence-corrected chi connectivity index (χ3v) is 7.22. The molecule has 3 atom stereocenters. The van der Waals surface area contributed by atoms with Gasteiger partial charge in [-0.2, -0.15) is 0 Å². The lowest BCUT2D eigenvalue weighted by atomic mass is 9.98. The van der Waals surface area contributed by atoms with Crippen LogP contribution < -0.4 is 16.4 Å². The molecule has 1 fully saturated rings. The molecule has 0 spiro atoms. The molecule has 1 amide bonds. The summed E-state index contributed by atoms with van der Waals surface area (Å²) in [6, 6.07) is 9.30. The highest BCUT2D eigenvalue weighted by atomic mass is 32.2. The lowest BCUT2D eigenvalue weighted by Crippen LogP contribution is -2.70. The van der Waals surface area contributed by atoms with Gasteiger partial charge in [0.25, 0.3) is 0 Å². The van der Waals surface area contributed by atoms with Gasteiger partial charge in [0.1, 0.15) is 5.75 Å². The second-order valence-corrected chi connectivity index (χ2v) is 9.66. The molecule has 1 aromatic carbocycles. The molecule has 10 heteroatoms. The molecule has 1 aliphatic heterocycles. The van der Waals surface area contributed by atoms with E-state index in [1.807, 2.05) is 18.2 Å². The third kappa shape index (κ3) is 4.51. The maximum atomic E-state index is 12.7. The van der Waals surface area contributed by atoms with Crippen LogP contribution in [0.3, 0.4) is 0 Å². The normalized spacial score (nSPS) is 25.8. The lowest BCUT2D eigenvalue weighted by Gasteiger charge is -2.41. The Bertz CT molecular complexity index is 796. The van der Waals surface area contributed by atoms with Crippen LogP contribution in [0, 0.1) is 3.95 Å². The molecule has 3 rings (SSSR count). The number of hydrogen-bond donors (Lipinski definition) is 4. The molecule has 1 saturated heterocycles. The van der Waals surface area contributed by atoms with Crippen LogP contribution in [0.25, 0.3) is 0 Å². The van der Waals surface area contributed by atoms with Gasteiger partial charge in [0, 0.05) is 13.0 Å². The van der Waals surface area contributed by atoms with Crippen molar-refractivity contribution in [3.05, 3.63) is 39.8 Å². The summed E-state index contributed by atoms with van der Waals surface area (Å²) in [4.78, 5) is 11.6. The van der Waals surface area contributed by atoms with Crippen molar-refractivity contribution in [2.75, 3.05) is 17.6 Å². The third-order valence-electron chi connectivity index (χ3n) is 4.35. The van der Waals surface area contributed by atoms with E-state index in [9.17, 15) is 9.35 Å². The standard InChI is InChI=1S/C16H21N5O2S3/c17-16(8-4-7-11-5-2-1-3-6-11)12(18-9-10-26(16)23)13(22)19-14-20-21-15(24)25-14/h1-3,5-6,12,18H,4,7-10,17H2,(H,21,24)(H,19,20,22). The van der Waals surface area contributed by atoms with E-state index >= 15 is 0 Å². The molecule has 140 valence electrons. The van der Waals surface area contributed by atoms with Gasteiger partial charge >= 0.3 is 0 Å². The van der Waals surface area contributed by atoms with Crippen LogP contribution in [0.2, 0.25) is 0 Å².